The Labute approximate surface area is 106 Å². The Kier molecular flexibility index (Phi) is 3.63. The molecule has 2 N–H and O–H groups in total. The second kappa shape index (κ2) is 5.19. The van der Waals surface area contributed by atoms with Crippen LogP contribution in [-0.4, -0.2) is 7.11 Å². The molecule has 2 aromatic carbocycles. The quantitative estimate of drug-likeness (QED) is 0.900. The minimum atomic E-state index is -0.231. The normalized spacial score (nSPS) is 10.4. The van der Waals surface area contributed by atoms with E-state index in [9.17, 15) is 4.39 Å². The summed E-state index contributed by atoms with van der Waals surface area (Å²) in [6.45, 7) is 2.30. The first-order chi connectivity index (χ1) is 8.67. The van der Waals surface area contributed by atoms with Gasteiger partial charge in [-0.1, -0.05) is 18.2 Å². The van der Waals surface area contributed by atoms with Gasteiger partial charge < -0.3 is 10.5 Å². The summed E-state index contributed by atoms with van der Waals surface area (Å²) in [7, 11) is 1.62. The summed E-state index contributed by atoms with van der Waals surface area (Å²) < 4.78 is 19.1. The van der Waals surface area contributed by atoms with Gasteiger partial charge in [-0.25, -0.2) is 4.39 Å². The Hall–Kier alpha value is -1.87. The molecule has 0 spiro atoms. The Bertz CT molecular complexity index is 566. The molecule has 18 heavy (non-hydrogen) atoms. The highest BCUT2D eigenvalue weighted by molar-refractivity contribution is 5.68. The molecular weight excluding hydrogens is 229 g/mol. The number of hydrogen-bond donors (Lipinski definition) is 1. The molecule has 0 heterocycles. The zero-order valence-corrected chi connectivity index (χ0v) is 10.5. The van der Waals surface area contributed by atoms with Crippen LogP contribution in [0.3, 0.4) is 0 Å². The Balaban J connectivity index is 2.60. The van der Waals surface area contributed by atoms with Crippen molar-refractivity contribution in [3.63, 3.8) is 0 Å². The Morgan fingerprint density at radius 2 is 1.94 bits per heavy atom. The van der Waals surface area contributed by atoms with Crippen LogP contribution in [0.1, 0.15) is 11.1 Å². The molecule has 0 atom stereocenters. The predicted molar refractivity (Wildman–Crippen MR) is 71.0 cm³/mol. The molecule has 0 unspecified atom stereocenters. The highest BCUT2D eigenvalue weighted by Gasteiger charge is 2.11. The van der Waals surface area contributed by atoms with Crippen molar-refractivity contribution in [2.75, 3.05) is 7.11 Å². The van der Waals surface area contributed by atoms with Crippen molar-refractivity contribution in [2.45, 2.75) is 13.5 Å². The van der Waals surface area contributed by atoms with Crippen LogP contribution in [0.15, 0.2) is 36.4 Å². The van der Waals surface area contributed by atoms with Crippen LogP contribution in [0.4, 0.5) is 4.39 Å². The van der Waals surface area contributed by atoms with Crippen LogP contribution in [0.2, 0.25) is 0 Å². The molecule has 2 rings (SSSR count). The zero-order chi connectivity index (χ0) is 13.1. The molecule has 2 aromatic rings. The lowest BCUT2D eigenvalue weighted by molar-refractivity contribution is 0.407. The van der Waals surface area contributed by atoms with Gasteiger partial charge in [0.2, 0.25) is 0 Å². The van der Waals surface area contributed by atoms with Gasteiger partial charge in [0.1, 0.15) is 11.6 Å². The van der Waals surface area contributed by atoms with E-state index in [4.69, 9.17) is 10.5 Å². The number of hydrogen-bond acceptors (Lipinski definition) is 2. The average molecular weight is 245 g/mol. The molecule has 0 radical (unpaired) electrons. The van der Waals surface area contributed by atoms with E-state index in [0.29, 0.717) is 12.1 Å². The van der Waals surface area contributed by atoms with Gasteiger partial charge in [-0.05, 0) is 36.2 Å². The summed E-state index contributed by atoms with van der Waals surface area (Å²) in [4.78, 5) is 0. The van der Waals surface area contributed by atoms with Crippen molar-refractivity contribution in [1.82, 2.24) is 0 Å². The smallest absolute Gasteiger partial charge is 0.131 e. The molecule has 0 aliphatic rings. The average Bonchev–Trinajstić information content (AvgIpc) is 2.38. The van der Waals surface area contributed by atoms with Crippen molar-refractivity contribution >= 4 is 0 Å². The van der Waals surface area contributed by atoms with E-state index < -0.39 is 0 Å². The molecule has 0 aliphatic heterocycles. The Morgan fingerprint density at radius 1 is 1.22 bits per heavy atom. The molecular formula is C15H16FNO. The number of ether oxygens (including phenoxy) is 1. The molecule has 3 heteroatoms. The fourth-order valence-corrected chi connectivity index (χ4v) is 2.14. The van der Waals surface area contributed by atoms with Crippen LogP contribution in [-0.2, 0) is 6.54 Å². The summed E-state index contributed by atoms with van der Waals surface area (Å²) in [5.41, 5.74) is 8.96. The van der Waals surface area contributed by atoms with E-state index in [1.165, 1.54) is 6.07 Å². The molecule has 0 aromatic heterocycles. The highest BCUT2D eigenvalue weighted by Crippen LogP contribution is 2.31. The molecule has 0 bridgehead atoms. The first-order valence-corrected chi connectivity index (χ1v) is 5.80. The summed E-state index contributed by atoms with van der Waals surface area (Å²) in [5.74, 6) is 0.544. The maximum absolute atomic E-state index is 13.8. The van der Waals surface area contributed by atoms with Crippen LogP contribution in [0.25, 0.3) is 11.1 Å². The Morgan fingerprint density at radius 3 is 2.56 bits per heavy atom. The predicted octanol–water partition coefficient (Wildman–Crippen LogP) is 3.27. The molecule has 0 amide bonds. The third kappa shape index (κ3) is 2.22. The van der Waals surface area contributed by atoms with Gasteiger partial charge in [-0.2, -0.15) is 0 Å². The topological polar surface area (TPSA) is 35.2 Å². The summed E-state index contributed by atoms with van der Waals surface area (Å²) in [5, 5.41) is 0. The van der Waals surface area contributed by atoms with Crippen LogP contribution in [0, 0.1) is 12.7 Å². The molecule has 0 saturated carbocycles. The maximum atomic E-state index is 13.8. The van der Waals surface area contributed by atoms with E-state index in [1.807, 2.05) is 25.1 Å². The van der Waals surface area contributed by atoms with Crippen molar-refractivity contribution in [2.24, 2.45) is 5.73 Å². The third-order valence-corrected chi connectivity index (χ3v) is 2.96. The molecule has 0 fully saturated rings. The van der Waals surface area contributed by atoms with Crippen molar-refractivity contribution in [1.29, 1.82) is 0 Å². The van der Waals surface area contributed by atoms with E-state index >= 15 is 0 Å². The highest BCUT2D eigenvalue weighted by atomic mass is 19.1. The van der Waals surface area contributed by atoms with Gasteiger partial charge in [-0.15, -0.1) is 0 Å². The monoisotopic (exact) mass is 245 g/mol. The number of halogens is 1. The minimum Gasteiger partial charge on any atom is -0.496 e. The number of benzene rings is 2. The van der Waals surface area contributed by atoms with Gasteiger partial charge >= 0.3 is 0 Å². The van der Waals surface area contributed by atoms with Crippen LogP contribution >= 0.6 is 0 Å². The summed E-state index contributed by atoms with van der Waals surface area (Å²) >= 11 is 0. The lowest BCUT2D eigenvalue weighted by atomic mass is 9.99. The van der Waals surface area contributed by atoms with Gasteiger partial charge in [-0.3, -0.25) is 0 Å². The van der Waals surface area contributed by atoms with E-state index in [0.717, 1.165) is 22.4 Å². The molecule has 2 nitrogen and oxygen atoms in total. The summed E-state index contributed by atoms with van der Waals surface area (Å²) in [6, 6.07) is 10.5. The standard InChI is InChI=1S/C15H16FNO/c1-10-7-11(8-12(9-17)15(10)18-2)13-5-3-4-6-14(13)16/h3-8H,9,17H2,1-2H3. The zero-order valence-electron chi connectivity index (χ0n) is 10.5. The number of rotatable bonds is 3. The first kappa shape index (κ1) is 12.6. The molecule has 94 valence electrons. The molecule has 0 aliphatic carbocycles. The van der Waals surface area contributed by atoms with E-state index in [1.54, 1.807) is 19.2 Å². The van der Waals surface area contributed by atoms with Gasteiger partial charge in [0, 0.05) is 17.7 Å². The third-order valence-electron chi connectivity index (χ3n) is 2.96. The SMILES string of the molecule is COc1c(C)cc(-c2ccccc2F)cc1CN. The van der Waals surface area contributed by atoms with E-state index in [-0.39, 0.29) is 5.82 Å². The largest absolute Gasteiger partial charge is 0.496 e. The lowest BCUT2D eigenvalue weighted by Gasteiger charge is -2.13. The first-order valence-electron chi connectivity index (χ1n) is 5.80. The maximum Gasteiger partial charge on any atom is 0.131 e. The van der Waals surface area contributed by atoms with Gasteiger partial charge in [0.05, 0.1) is 7.11 Å². The number of methoxy groups -OCH3 is 1. The van der Waals surface area contributed by atoms with Crippen LogP contribution in [0.5, 0.6) is 5.75 Å². The fourth-order valence-electron chi connectivity index (χ4n) is 2.14. The minimum absolute atomic E-state index is 0.231. The second-order valence-electron chi connectivity index (χ2n) is 4.17. The fraction of sp³-hybridized carbons (Fsp3) is 0.200. The van der Waals surface area contributed by atoms with Crippen LogP contribution < -0.4 is 10.5 Å². The number of nitrogens with two attached hydrogens (primary N) is 1. The van der Waals surface area contributed by atoms with Gasteiger partial charge in [0.25, 0.3) is 0 Å². The van der Waals surface area contributed by atoms with Crippen molar-refractivity contribution in [3.05, 3.63) is 53.3 Å². The lowest BCUT2D eigenvalue weighted by Crippen LogP contribution is -2.02. The van der Waals surface area contributed by atoms with Crippen molar-refractivity contribution < 1.29 is 9.13 Å². The number of aryl methyl sites for hydroxylation is 1. The van der Waals surface area contributed by atoms with Gasteiger partial charge in [0.15, 0.2) is 0 Å². The second-order valence-corrected chi connectivity index (χ2v) is 4.17. The summed E-state index contributed by atoms with van der Waals surface area (Å²) in [6.07, 6.45) is 0. The van der Waals surface area contributed by atoms with Crippen molar-refractivity contribution in [3.8, 4) is 16.9 Å². The van der Waals surface area contributed by atoms with E-state index in [2.05, 4.69) is 0 Å². The molecule has 0 saturated heterocycles.